The van der Waals surface area contributed by atoms with Gasteiger partial charge in [0.15, 0.2) is 9.84 Å². The lowest BCUT2D eigenvalue weighted by Gasteiger charge is -2.05. The number of benzene rings is 1. The normalized spacial score (nSPS) is 11.3. The summed E-state index contributed by atoms with van der Waals surface area (Å²) in [5.41, 5.74) is 0.255. The monoisotopic (exact) mass is 230 g/mol. The summed E-state index contributed by atoms with van der Waals surface area (Å²) in [6.45, 7) is 0. The van der Waals surface area contributed by atoms with Crippen molar-refractivity contribution < 1.29 is 17.6 Å². The van der Waals surface area contributed by atoms with E-state index in [1.54, 1.807) is 0 Å². The van der Waals surface area contributed by atoms with Gasteiger partial charge in [-0.3, -0.25) is 0 Å². The van der Waals surface area contributed by atoms with Crippen molar-refractivity contribution >= 4 is 16.1 Å². The molecule has 1 rings (SSSR count). The highest BCUT2D eigenvalue weighted by molar-refractivity contribution is 7.90. The number of hydrogen-bond donors (Lipinski definition) is 0. The summed E-state index contributed by atoms with van der Waals surface area (Å²) in [5, 5.41) is 0. The van der Waals surface area contributed by atoms with Gasteiger partial charge in [0.2, 0.25) is 0 Å². The molecular weight excluding hydrogens is 219 g/mol. The number of carbonyl (C=O) groups is 1. The Labute approximate surface area is 87.8 Å². The fraction of sp³-hybridized carbons (Fsp3) is 0.300. The van der Waals surface area contributed by atoms with Crippen molar-refractivity contribution in [3.63, 3.8) is 0 Å². The molecule has 0 aliphatic rings. The van der Waals surface area contributed by atoms with E-state index in [2.05, 4.69) is 0 Å². The maximum Gasteiger partial charge on any atom is 0.178 e. The van der Waals surface area contributed by atoms with Gasteiger partial charge in [-0.15, -0.1) is 0 Å². The van der Waals surface area contributed by atoms with Gasteiger partial charge in [-0.05, 0) is 18.1 Å². The van der Waals surface area contributed by atoms with Crippen molar-refractivity contribution in [3.8, 4) is 0 Å². The Morgan fingerprint density at radius 1 is 1.40 bits per heavy atom. The molecule has 15 heavy (non-hydrogen) atoms. The van der Waals surface area contributed by atoms with Gasteiger partial charge < -0.3 is 4.79 Å². The maximum absolute atomic E-state index is 13.6. The van der Waals surface area contributed by atoms with E-state index in [-0.39, 0.29) is 23.3 Å². The third kappa shape index (κ3) is 2.86. The zero-order valence-electron chi connectivity index (χ0n) is 8.23. The number of rotatable bonds is 4. The van der Waals surface area contributed by atoms with Crippen LogP contribution in [0.2, 0.25) is 0 Å². The van der Waals surface area contributed by atoms with E-state index in [0.717, 1.165) is 6.26 Å². The summed E-state index contributed by atoms with van der Waals surface area (Å²) < 4.78 is 35.9. The molecular formula is C10H11FO3S. The molecule has 0 atom stereocenters. The van der Waals surface area contributed by atoms with E-state index < -0.39 is 15.7 Å². The SMILES string of the molecule is CS(=O)(=O)c1cccc(CCC=O)c1F. The molecule has 1 aromatic carbocycles. The van der Waals surface area contributed by atoms with Crippen molar-refractivity contribution in [2.45, 2.75) is 17.7 Å². The Hall–Kier alpha value is -1.23. The van der Waals surface area contributed by atoms with Crippen LogP contribution in [0.3, 0.4) is 0 Å². The minimum atomic E-state index is -3.54. The summed E-state index contributed by atoms with van der Waals surface area (Å²) in [6.07, 6.45) is 2.03. The lowest BCUT2D eigenvalue weighted by Crippen LogP contribution is -2.03. The van der Waals surface area contributed by atoms with Crippen LogP contribution in [0.25, 0.3) is 0 Å². The van der Waals surface area contributed by atoms with E-state index >= 15 is 0 Å². The van der Waals surface area contributed by atoms with Crippen molar-refractivity contribution in [2.75, 3.05) is 6.26 Å². The quantitative estimate of drug-likeness (QED) is 0.734. The highest BCUT2D eigenvalue weighted by Crippen LogP contribution is 2.18. The third-order valence-corrected chi connectivity index (χ3v) is 3.09. The van der Waals surface area contributed by atoms with Crippen LogP contribution in [0.1, 0.15) is 12.0 Å². The zero-order valence-corrected chi connectivity index (χ0v) is 9.05. The summed E-state index contributed by atoms with van der Waals surface area (Å²) >= 11 is 0. The van der Waals surface area contributed by atoms with Crippen LogP contribution in [0.5, 0.6) is 0 Å². The van der Waals surface area contributed by atoms with E-state index in [1.807, 2.05) is 0 Å². The van der Waals surface area contributed by atoms with Crippen LogP contribution in [0.4, 0.5) is 4.39 Å². The highest BCUT2D eigenvalue weighted by Gasteiger charge is 2.15. The molecule has 5 heteroatoms. The van der Waals surface area contributed by atoms with Gasteiger partial charge in [0, 0.05) is 12.7 Å². The van der Waals surface area contributed by atoms with Crippen LogP contribution < -0.4 is 0 Å². The van der Waals surface area contributed by atoms with Crippen LogP contribution in [0, 0.1) is 5.82 Å². The largest absolute Gasteiger partial charge is 0.303 e. The fourth-order valence-electron chi connectivity index (χ4n) is 1.25. The van der Waals surface area contributed by atoms with Crippen molar-refractivity contribution in [1.82, 2.24) is 0 Å². The summed E-state index contributed by atoms with van der Waals surface area (Å²) in [7, 11) is -3.54. The van der Waals surface area contributed by atoms with Gasteiger partial charge in [-0.2, -0.15) is 0 Å². The molecule has 0 aliphatic carbocycles. The summed E-state index contributed by atoms with van der Waals surface area (Å²) in [5.74, 6) is -0.748. The summed E-state index contributed by atoms with van der Waals surface area (Å²) in [4.78, 5) is 9.82. The van der Waals surface area contributed by atoms with Gasteiger partial charge in [0.25, 0.3) is 0 Å². The van der Waals surface area contributed by atoms with Crippen molar-refractivity contribution in [1.29, 1.82) is 0 Å². The van der Waals surface area contributed by atoms with Crippen LogP contribution in [-0.2, 0) is 21.1 Å². The van der Waals surface area contributed by atoms with Crippen LogP contribution in [-0.4, -0.2) is 21.0 Å². The number of carbonyl (C=O) groups excluding carboxylic acids is 1. The Bertz CT molecular complexity index is 466. The van der Waals surface area contributed by atoms with Gasteiger partial charge >= 0.3 is 0 Å². The molecule has 0 fully saturated rings. The molecule has 3 nitrogen and oxygen atoms in total. The van der Waals surface area contributed by atoms with E-state index in [0.29, 0.717) is 6.29 Å². The van der Waals surface area contributed by atoms with E-state index in [9.17, 15) is 17.6 Å². The Balaban J connectivity index is 3.17. The first-order valence-corrected chi connectivity index (χ1v) is 6.27. The molecule has 0 bridgehead atoms. The van der Waals surface area contributed by atoms with Gasteiger partial charge in [0.1, 0.15) is 17.0 Å². The fourth-order valence-corrected chi connectivity index (χ4v) is 2.03. The van der Waals surface area contributed by atoms with E-state index in [1.165, 1.54) is 18.2 Å². The minimum Gasteiger partial charge on any atom is -0.303 e. The lowest BCUT2D eigenvalue weighted by molar-refractivity contribution is -0.107. The van der Waals surface area contributed by atoms with Crippen molar-refractivity contribution in [3.05, 3.63) is 29.6 Å². The van der Waals surface area contributed by atoms with Gasteiger partial charge in [-0.25, -0.2) is 12.8 Å². The number of aldehydes is 1. The summed E-state index contributed by atoms with van der Waals surface area (Å²) in [6, 6.07) is 4.17. The van der Waals surface area contributed by atoms with Crippen LogP contribution >= 0.6 is 0 Å². The average Bonchev–Trinajstić information content (AvgIpc) is 2.14. The van der Waals surface area contributed by atoms with Crippen LogP contribution in [0.15, 0.2) is 23.1 Å². The number of halogens is 1. The average molecular weight is 230 g/mol. The topological polar surface area (TPSA) is 51.2 Å². The first-order valence-electron chi connectivity index (χ1n) is 4.38. The molecule has 0 N–H and O–H groups in total. The van der Waals surface area contributed by atoms with Crippen molar-refractivity contribution in [2.24, 2.45) is 0 Å². The first kappa shape index (κ1) is 11.8. The molecule has 0 saturated heterocycles. The molecule has 0 radical (unpaired) electrons. The number of aryl methyl sites for hydroxylation is 1. The van der Waals surface area contributed by atoms with E-state index in [4.69, 9.17) is 0 Å². The molecule has 0 saturated carbocycles. The molecule has 0 aromatic heterocycles. The minimum absolute atomic E-state index is 0.185. The smallest absolute Gasteiger partial charge is 0.178 e. The number of hydrogen-bond acceptors (Lipinski definition) is 3. The number of sulfone groups is 1. The van der Waals surface area contributed by atoms with Gasteiger partial charge in [-0.1, -0.05) is 12.1 Å². The molecule has 0 amide bonds. The first-order chi connectivity index (χ1) is 6.96. The second-order valence-corrected chi connectivity index (χ2v) is 5.19. The second kappa shape index (κ2) is 4.53. The van der Waals surface area contributed by atoms with Gasteiger partial charge in [0.05, 0.1) is 0 Å². The molecule has 1 aromatic rings. The maximum atomic E-state index is 13.6. The molecule has 0 unspecified atom stereocenters. The predicted octanol–water partition coefficient (Wildman–Crippen LogP) is 1.36. The molecule has 0 aliphatic heterocycles. The third-order valence-electron chi connectivity index (χ3n) is 1.97. The highest BCUT2D eigenvalue weighted by atomic mass is 32.2. The predicted molar refractivity (Wildman–Crippen MR) is 53.9 cm³/mol. The zero-order chi connectivity index (χ0) is 11.5. The molecule has 0 spiro atoms. The standard InChI is InChI=1S/C10H11FO3S/c1-15(13,14)9-6-2-4-8(10(9)11)5-3-7-12/h2,4,6-7H,3,5H2,1H3. The molecule has 82 valence electrons. The Morgan fingerprint density at radius 2 is 2.07 bits per heavy atom. The Kier molecular flexibility index (Phi) is 3.57. The second-order valence-electron chi connectivity index (χ2n) is 3.21. The Morgan fingerprint density at radius 3 is 2.60 bits per heavy atom. The lowest BCUT2D eigenvalue weighted by atomic mass is 10.1. The molecule has 0 heterocycles.